The topological polar surface area (TPSA) is 84.2 Å². The normalized spacial score (nSPS) is 22.3. The Balaban J connectivity index is 2.19. The highest BCUT2D eigenvalue weighted by Gasteiger charge is 2.18. The van der Waals surface area contributed by atoms with Gasteiger partial charge in [0, 0.05) is 0 Å². The van der Waals surface area contributed by atoms with E-state index in [1.807, 2.05) is 11.8 Å². The molecule has 0 bridgehead atoms. The summed E-state index contributed by atoms with van der Waals surface area (Å²) in [5.41, 5.74) is 4.85. The van der Waals surface area contributed by atoms with Gasteiger partial charge >= 0.3 is 6.03 Å². The molecule has 1 fully saturated rings. The van der Waals surface area contributed by atoms with Crippen molar-refractivity contribution in [2.45, 2.75) is 19.4 Å². The van der Waals surface area contributed by atoms with Crippen LogP contribution in [0.5, 0.6) is 0 Å². The molecule has 5 nitrogen and oxygen atoms in total. The van der Waals surface area contributed by atoms with Gasteiger partial charge in [-0.25, -0.2) is 4.79 Å². The van der Waals surface area contributed by atoms with Crippen molar-refractivity contribution < 1.29 is 9.59 Å². The van der Waals surface area contributed by atoms with Gasteiger partial charge in [-0.15, -0.1) is 0 Å². The van der Waals surface area contributed by atoms with Crippen LogP contribution in [0.4, 0.5) is 4.79 Å². The molecule has 1 heterocycles. The van der Waals surface area contributed by atoms with Crippen LogP contribution in [0.25, 0.3) is 0 Å². The largest absolute Gasteiger partial charge is 0.351 e. The van der Waals surface area contributed by atoms with Crippen molar-refractivity contribution in [3.8, 4) is 0 Å². The predicted octanol–water partition coefficient (Wildman–Crippen LogP) is -0.0875. The second-order valence-electron chi connectivity index (χ2n) is 3.71. The SMILES string of the molecule is CC(NCC1CCSC1)C(=O)NC(N)=O. The number of carbonyl (C=O) groups excluding carboxylic acids is 2. The van der Waals surface area contributed by atoms with Crippen molar-refractivity contribution in [2.75, 3.05) is 18.1 Å². The van der Waals surface area contributed by atoms with Gasteiger partial charge in [0.05, 0.1) is 6.04 Å². The summed E-state index contributed by atoms with van der Waals surface area (Å²) >= 11 is 1.94. The van der Waals surface area contributed by atoms with Crippen molar-refractivity contribution in [2.24, 2.45) is 11.7 Å². The van der Waals surface area contributed by atoms with E-state index in [2.05, 4.69) is 10.6 Å². The Morgan fingerprint density at radius 1 is 1.60 bits per heavy atom. The Labute approximate surface area is 93.5 Å². The highest BCUT2D eigenvalue weighted by Crippen LogP contribution is 2.22. The summed E-state index contributed by atoms with van der Waals surface area (Å²) in [5, 5.41) is 5.15. The number of thioether (sulfide) groups is 1. The molecule has 2 atom stereocenters. The molecule has 1 aliphatic rings. The molecule has 1 rings (SSSR count). The number of urea groups is 1. The summed E-state index contributed by atoms with van der Waals surface area (Å²) in [5.74, 6) is 2.62. The number of primary amides is 1. The zero-order valence-electron chi connectivity index (χ0n) is 8.79. The minimum atomic E-state index is -0.801. The molecular weight excluding hydrogens is 214 g/mol. The summed E-state index contributed by atoms with van der Waals surface area (Å²) in [4.78, 5) is 21.7. The van der Waals surface area contributed by atoms with E-state index in [0.717, 1.165) is 12.3 Å². The molecule has 1 saturated heterocycles. The molecular formula is C9H17N3O2S. The van der Waals surface area contributed by atoms with Crippen LogP contribution in [0, 0.1) is 5.92 Å². The van der Waals surface area contributed by atoms with Crippen LogP contribution < -0.4 is 16.4 Å². The molecule has 0 aromatic carbocycles. The summed E-state index contributed by atoms with van der Waals surface area (Å²) in [7, 11) is 0. The van der Waals surface area contributed by atoms with Gasteiger partial charge in [0.15, 0.2) is 0 Å². The third-order valence-electron chi connectivity index (χ3n) is 2.38. The van der Waals surface area contributed by atoms with E-state index in [0.29, 0.717) is 5.92 Å². The summed E-state index contributed by atoms with van der Waals surface area (Å²) in [6.07, 6.45) is 1.20. The smallest absolute Gasteiger partial charge is 0.318 e. The van der Waals surface area contributed by atoms with Crippen molar-refractivity contribution >= 4 is 23.7 Å². The first-order valence-corrected chi connectivity index (χ1v) is 6.16. The van der Waals surface area contributed by atoms with Crippen LogP contribution in [0.2, 0.25) is 0 Å². The lowest BCUT2D eigenvalue weighted by Crippen LogP contribution is -2.47. The summed E-state index contributed by atoms with van der Waals surface area (Å²) in [6.45, 7) is 2.54. The van der Waals surface area contributed by atoms with Gasteiger partial charge in [-0.1, -0.05) is 0 Å². The number of rotatable bonds is 4. The predicted molar refractivity (Wildman–Crippen MR) is 60.6 cm³/mol. The Hall–Kier alpha value is -0.750. The molecule has 0 saturated carbocycles. The van der Waals surface area contributed by atoms with Crippen molar-refractivity contribution in [3.63, 3.8) is 0 Å². The minimum Gasteiger partial charge on any atom is -0.351 e. The lowest BCUT2D eigenvalue weighted by Gasteiger charge is -2.15. The van der Waals surface area contributed by atoms with Crippen molar-refractivity contribution in [3.05, 3.63) is 0 Å². The summed E-state index contributed by atoms with van der Waals surface area (Å²) in [6, 6.07) is -1.17. The maximum atomic E-state index is 11.3. The van der Waals surface area contributed by atoms with E-state index in [1.54, 1.807) is 6.92 Å². The molecule has 2 unspecified atom stereocenters. The first kappa shape index (κ1) is 12.3. The minimum absolute atomic E-state index is 0.367. The van der Waals surface area contributed by atoms with Gasteiger partial charge < -0.3 is 11.1 Å². The molecule has 0 aromatic rings. The molecule has 0 radical (unpaired) electrons. The fourth-order valence-corrected chi connectivity index (χ4v) is 2.69. The van der Waals surface area contributed by atoms with E-state index in [1.165, 1.54) is 12.2 Å². The molecule has 1 aliphatic heterocycles. The van der Waals surface area contributed by atoms with Gasteiger partial charge in [-0.2, -0.15) is 11.8 Å². The van der Waals surface area contributed by atoms with E-state index in [-0.39, 0.29) is 11.9 Å². The van der Waals surface area contributed by atoms with Gasteiger partial charge in [0.25, 0.3) is 0 Å². The van der Waals surface area contributed by atoms with Crippen molar-refractivity contribution in [1.82, 2.24) is 10.6 Å². The third-order valence-corrected chi connectivity index (χ3v) is 3.61. The Kier molecular flexibility index (Phi) is 4.90. The van der Waals surface area contributed by atoms with Gasteiger partial charge in [0.1, 0.15) is 0 Å². The van der Waals surface area contributed by atoms with Crippen LogP contribution in [-0.4, -0.2) is 36.0 Å². The molecule has 0 aliphatic carbocycles. The molecule has 86 valence electrons. The van der Waals surface area contributed by atoms with E-state index >= 15 is 0 Å². The highest BCUT2D eigenvalue weighted by atomic mass is 32.2. The number of hydrogen-bond acceptors (Lipinski definition) is 4. The van der Waals surface area contributed by atoms with Crippen LogP contribution in [-0.2, 0) is 4.79 Å². The monoisotopic (exact) mass is 231 g/mol. The van der Waals surface area contributed by atoms with E-state index in [4.69, 9.17) is 5.73 Å². The summed E-state index contributed by atoms with van der Waals surface area (Å²) < 4.78 is 0. The quantitative estimate of drug-likeness (QED) is 0.631. The Morgan fingerprint density at radius 3 is 2.87 bits per heavy atom. The van der Waals surface area contributed by atoms with Gasteiger partial charge in [-0.3, -0.25) is 10.1 Å². The average Bonchev–Trinajstić information content (AvgIpc) is 2.65. The Morgan fingerprint density at radius 2 is 2.33 bits per heavy atom. The maximum Gasteiger partial charge on any atom is 0.318 e. The van der Waals surface area contributed by atoms with Gasteiger partial charge in [-0.05, 0) is 37.3 Å². The highest BCUT2D eigenvalue weighted by molar-refractivity contribution is 7.99. The molecule has 3 amide bonds. The molecule has 4 N–H and O–H groups in total. The zero-order chi connectivity index (χ0) is 11.3. The molecule has 0 spiro atoms. The standard InChI is InChI=1S/C9H17N3O2S/c1-6(8(13)12-9(10)14)11-4-7-2-3-15-5-7/h6-7,11H,2-5H2,1H3,(H3,10,12,13,14). The number of nitrogens with one attached hydrogen (secondary N) is 2. The second kappa shape index (κ2) is 5.97. The van der Waals surface area contributed by atoms with Crippen molar-refractivity contribution in [1.29, 1.82) is 0 Å². The first-order chi connectivity index (χ1) is 7.09. The van der Waals surface area contributed by atoms with Crippen LogP contribution >= 0.6 is 11.8 Å². The van der Waals surface area contributed by atoms with Crippen LogP contribution in [0.1, 0.15) is 13.3 Å². The number of amides is 3. The van der Waals surface area contributed by atoms with Gasteiger partial charge in [0.2, 0.25) is 5.91 Å². The third kappa shape index (κ3) is 4.53. The Bertz CT molecular complexity index is 242. The maximum absolute atomic E-state index is 11.3. The van der Waals surface area contributed by atoms with Crippen LogP contribution in [0.15, 0.2) is 0 Å². The van der Waals surface area contributed by atoms with Crippen LogP contribution in [0.3, 0.4) is 0 Å². The molecule has 6 heteroatoms. The lowest BCUT2D eigenvalue weighted by atomic mass is 10.1. The van der Waals surface area contributed by atoms with E-state index in [9.17, 15) is 9.59 Å². The average molecular weight is 231 g/mol. The number of nitrogens with two attached hydrogens (primary N) is 1. The molecule has 15 heavy (non-hydrogen) atoms. The fraction of sp³-hybridized carbons (Fsp3) is 0.778. The first-order valence-electron chi connectivity index (χ1n) is 5.01. The number of hydrogen-bond donors (Lipinski definition) is 3. The second-order valence-corrected chi connectivity index (χ2v) is 4.86. The number of imide groups is 1. The molecule has 0 aromatic heterocycles. The number of carbonyl (C=O) groups is 2. The lowest BCUT2D eigenvalue weighted by molar-refractivity contribution is -0.121. The van der Waals surface area contributed by atoms with E-state index < -0.39 is 6.03 Å². The fourth-order valence-electron chi connectivity index (χ4n) is 1.41. The zero-order valence-corrected chi connectivity index (χ0v) is 9.60.